The lowest BCUT2D eigenvalue weighted by molar-refractivity contribution is -0.118. The normalized spacial score (nSPS) is 10.6. The molecule has 29 heavy (non-hydrogen) atoms. The van der Waals surface area contributed by atoms with E-state index in [1.807, 2.05) is 24.3 Å². The zero-order valence-electron chi connectivity index (χ0n) is 16.0. The molecule has 0 atom stereocenters. The fraction of sp³-hybridized carbons (Fsp3) is 0.250. The molecule has 0 bridgehead atoms. The maximum atomic E-state index is 12.1. The van der Waals surface area contributed by atoms with Gasteiger partial charge in [0.15, 0.2) is 0 Å². The molecule has 0 fully saturated rings. The minimum absolute atomic E-state index is 0.121. The molecule has 1 N–H and O–H groups in total. The first-order valence-corrected chi connectivity index (χ1v) is 10.3. The molecule has 1 aromatic heterocycles. The number of hydrogen-bond acceptors (Lipinski definition) is 7. The molecule has 2 aromatic carbocycles. The Morgan fingerprint density at radius 2 is 2.03 bits per heavy atom. The van der Waals surface area contributed by atoms with Crippen LogP contribution in [0.1, 0.15) is 11.5 Å². The van der Waals surface area contributed by atoms with Crippen LogP contribution in [0.3, 0.4) is 0 Å². The van der Waals surface area contributed by atoms with Gasteiger partial charge in [0.25, 0.3) is 0 Å². The second-order valence-electron chi connectivity index (χ2n) is 5.94. The Kier molecular flexibility index (Phi) is 7.37. The number of nitrogens with one attached hydrogen (secondary N) is 1. The third-order valence-electron chi connectivity index (χ3n) is 4.00. The lowest BCUT2D eigenvalue weighted by atomic mass is 10.2. The van der Waals surface area contributed by atoms with Gasteiger partial charge in [0.1, 0.15) is 11.5 Å². The van der Waals surface area contributed by atoms with Crippen LogP contribution < -0.4 is 14.8 Å². The fourth-order valence-electron chi connectivity index (χ4n) is 2.51. The van der Waals surface area contributed by atoms with Crippen LogP contribution in [0, 0.1) is 0 Å². The van der Waals surface area contributed by atoms with Gasteiger partial charge in [0.2, 0.25) is 17.6 Å². The molecule has 0 spiro atoms. The van der Waals surface area contributed by atoms with Crippen molar-refractivity contribution < 1.29 is 18.8 Å². The predicted octanol–water partition coefficient (Wildman–Crippen LogP) is 3.96. The van der Waals surface area contributed by atoms with Crippen LogP contribution in [0.4, 0.5) is 0 Å². The average molecular weight is 434 g/mol. The number of ether oxygens (including phenoxy) is 2. The molecule has 1 amide bonds. The van der Waals surface area contributed by atoms with E-state index in [1.54, 1.807) is 32.4 Å². The lowest BCUT2D eigenvalue weighted by Crippen LogP contribution is -2.24. The molecule has 3 rings (SSSR count). The number of nitrogens with zero attached hydrogens (tertiary/aromatic N) is 2. The van der Waals surface area contributed by atoms with Gasteiger partial charge < -0.3 is 19.3 Å². The summed E-state index contributed by atoms with van der Waals surface area (Å²) in [5, 5.41) is 7.43. The van der Waals surface area contributed by atoms with Crippen molar-refractivity contribution in [3.63, 3.8) is 0 Å². The van der Waals surface area contributed by atoms with Crippen LogP contribution in [0.5, 0.6) is 11.5 Å². The van der Waals surface area contributed by atoms with Crippen LogP contribution in [0.25, 0.3) is 11.4 Å². The molecule has 0 unspecified atom stereocenters. The molecule has 152 valence electrons. The number of thioether (sulfide) groups is 1. The summed E-state index contributed by atoms with van der Waals surface area (Å²) in [6.45, 7) is 0.150. The van der Waals surface area contributed by atoms with Gasteiger partial charge in [-0.15, -0.1) is 11.8 Å². The van der Waals surface area contributed by atoms with Gasteiger partial charge in [-0.2, -0.15) is 4.98 Å². The first kappa shape index (κ1) is 21.0. The van der Waals surface area contributed by atoms with Crippen LogP contribution in [0.2, 0.25) is 5.02 Å². The standard InChI is InChI=1S/C20H20ClN3O4S/c1-26-14-7-8-15(17(9-14)27-2)20-23-19(28-24-20)10-22-18(25)12-29-11-13-5-3-4-6-16(13)21/h3-9H,10-12H2,1-2H3,(H,22,25). The summed E-state index contributed by atoms with van der Waals surface area (Å²) in [6.07, 6.45) is 0. The predicted molar refractivity (Wildman–Crippen MR) is 112 cm³/mol. The Balaban J connectivity index is 1.51. The summed E-state index contributed by atoms with van der Waals surface area (Å²) < 4.78 is 15.8. The average Bonchev–Trinajstić information content (AvgIpc) is 3.22. The molecule has 7 nitrogen and oxygen atoms in total. The third kappa shape index (κ3) is 5.65. The molecular formula is C20H20ClN3O4S. The quantitative estimate of drug-likeness (QED) is 0.546. The highest BCUT2D eigenvalue weighted by atomic mass is 35.5. The summed E-state index contributed by atoms with van der Waals surface area (Å²) in [4.78, 5) is 16.4. The summed E-state index contributed by atoms with van der Waals surface area (Å²) in [5.74, 6) is 2.76. The van der Waals surface area contributed by atoms with Gasteiger partial charge in [0, 0.05) is 16.8 Å². The first-order valence-electron chi connectivity index (χ1n) is 8.73. The Hall–Kier alpha value is -2.71. The van der Waals surface area contributed by atoms with Gasteiger partial charge in [-0.1, -0.05) is 35.0 Å². The Bertz CT molecular complexity index is 980. The number of carbonyl (C=O) groups excluding carboxylic acids is 1. The number of methoxy groups -OCH3 is 2. The Morgan fingerprint density at radius 1 is 1.21 bits per heavy atom. The van der Waals surface area contributed by atoms with E-state index in [2.05, 4.69) is 15.5 Å². The number of amides is 1. The zero-order chi connectivity index (χ0) is 20.6. The van der Waals surface area contributed by atoms with Crippen molar-refractivity contribution >= 4 is 29.3 Å². The lowest BCUT2D eigenvalue weighted by Gasteiger charge is -2.07. The number of halogens is 1. The van der Waals surface area contributed by atoms with E-state index in [4.69, 9.17) is 25.6 Å². The highest BCUT2D eigenvalue weighted by Gasteiger charge is 2.15. The molecule has 1 heterocycles. The van der Waals surface area contributed by atoms with E-state index in [-0.39, 0.29) is 12.5 Å². The van der Waals surface area contributed by atoms with Crippen molar-refractivity contribution in [2.75, 3.05) is 20.0 Å². The second-order valence-corrected chi connectivity index (χ2v) is 7.33. The monoisotopic (exact) mass is 433 g/mol. The minimum Gasteiger partial charge on any atom is -0.497 e. The topological polar surface area (TPSA) is 86.5 Å². The van der Waals surface area contributed by atoms with E-state index >= 15 is 0 Å². The minimum atomic E-state index is -0.121. The summed E-state index contributed by atoms with van der Waals surface area (Å²) >= 11 is 7.60. The summed E-state index contributed by atoms with van der Waals surface area (Å²) in [5.41, 5.74) is 1.67. The Morgan fingerprint density at radius 3 is 2.79 bits per heavy atom. The van der Waals surface area contributed by atoms with Crippen molar-refractivity contribution in [2.24, 2.45) is 0 Å². The molecule has 9 heteroatoms. The van der Waals surface area contributed by atoms with E-state index in [0.29, 0.717) is 45.3 Å². The third-order valence-corrected chi connectivity index (χ3v) is 5.35. The van der Waals surface area contributed by atoms with Crippen molar-refractivity contribution in [1.82, 2.24) is 15.5 Å². The number of rotatable bonds is 9. The van der Waals surface area contributed by atoms with Crippen molar-refractivity contribution in [2.45, 2.75) is 12.3 Å². The van der Waals surface area contributed by atoms with E-state index in [0.717, 1.165) is 5.56 Å². The molecule has 0 aliphatic rings. The highest BCUT2D eigenvalue weighted by Crippen LogP contribution is 2.31. The van der Waals surface area contributed by atoms with E-state index in [1.165, 1.54) is 11.8 Å². The van der Waals surface area contributed by atoms with E-state index in [9.17, 15) is 4.79 Å². The van der Waals surface area contributed by atoms with Crippen molar-refractivity contribution in [3.8, 4) is 22.9 Å². The van der Waals surface area contributed by atoms with Gasteiger partial charge in [-0.25, -0.2) is 0 Å². The molecular weight excluding hydrogens is 414 g/mol. The van der Waals surface area contributed by atoms with Crippen molar-refractivity contribution in [3.05, 3.63) is 58.9 Å². The van der Waals surface area contributed by atoms with Gasteiger partial charge in [-0.05, 0) is 23.8 Å². The van der Waals surface area contributed by atoms with Gasteiger partial charge >= 0.3 is 0 Å². The number of hydrogen-bond donors (Lipinski definition) is 1. The van der Waals surface area contributed by atoms with E-state index < -0.39 is 0 Å². The number of carbonyl (C=O) groups is 1. The second kappa shape index (κ2) is 10.2. The van der Waals surface area contributed by atoms with Crippen LogP contribution in [0.15, 0.2) is 47.0 Å². The number of aromatic nitrogens is 2. The molecule has 0 saturated carbocycles. The summed E-state index contributed by atoms with van der Waals surface area (Å²) in [7, 11) is 3.14. The summed E-state index contributed by atoms with van der Waals surface area (Å²) in [6, 6.07) is 12.9. The van der Waals surface area contributed by atoms with Gasteiger partial charge in [0.05, 0.1) is 32.1 Å². The maximum Gasteiger partial charge on any atom is 0.246 e. The Labute approximate surface area is 177 Å². The maximum absolute atomic E-state index is 12.1. The molecule has 0 saturated heterocycles. The SMILES string of the molecule is COc1ccc(-c2noc(CNC(=O)CSCc3ccccc3Cl)n2)c(OC)c1. The first-order chi connectivity index (χ1) is 14.1. The molecule has 3 aromatic rings. The zero-order valence-corrected chi connectivity index (χ0v) is 17.5. The van der Waals surface area contributed by atoms with Crippen LogP contribution in [-0.4, -0.2) is 36.0 Å². The van der Waals surface area contributed by atoms with Crippen LogP contribution in [-0.2, 0) is 17.1 Å². The smallest absolute Gasteiger partial charge is 0.246 e. The van der Waals surface area contributed by atoms with Crippen LogP contribution >= 0.6 is 23.4 Å². The van der Waals surface area contributed by atoms with Crippen molar-refractivity contribution in [1.29, 1.82) is 0 Å². The molecule has 0 aliphatic heterocycles. The number of benzene rings is 2. The molecule has 0 radical (unpaired) electrons. The van der Waals surface area contributed by atoms with Gasteiger partial charge in [-0.3, -0.25) is 4.79 Å². The highest BCUT2D eigenvalue weighted by molar-refractivity contribution is 7.99. The fourth-order valence-corrected chi connectivity index (χ4v) is 3.66. The molecule has 0 aliphatic carbocycles. The largest absolute Gasteiger partial charge is 0.497 e.